The van der Waals surface area contributed by atoms with Gasteiger partial charge in [0, 0.05) is 18.4 Å². The van der Waals surface area contributed by atoms with Crippen LogP contribution in [0.3, 0.4) is 0 Å². The molecule has 1 amide bonds. The molecular weight excluding hydrogens is 300 g/mol. The highest BCUT2D eigenvalue weighted by molar-refractivity contribution is 5.90. The molecule has 23 heavy (non-hydrogen) atoms. The zero-order chi connectivity index (χ0) is 16.1. The van der Waals surface area contributed by atoms with E-state index in [4.69, 9.17) is 9.47 Å². The number of nitrogens with one attached hydrogen (secondary N) is 2. The average molecular weight is 318 g/mol. The van der Waals surface area contributed by atoms with Crippen molar-refractivity contribution in [2.24, 2.45) is 0 Å². The van der Waals surface area contributed by atoms with Crippen molar-refractivity contribution in [1.29, 1.82) is 0 Å². The zero-order valence-electron chi connectivity index (χ0n) is 12.7. The van der Waals surface area contributed by atoms with E-state index in [0.29, 0.717) is 11.8 Å². The maximum atomic E-state index is 11.9. The van der Waals surface area contributed by atoms with Crippen molar-refractivity contribution < 1.29 is 14.3 Å². The number of methoxy groups -OCH3 is 1. The number of aromatic nitrogens is 5. The third-order valence-electron chi connectivity index (χ3n) is 3.74. The Morgan fingerprint density at radius 1 is 1.17 bits per heavy atom. The summed E-state index contributed by atoms with van der Waals surface area (Å²) in [4.78, 5) is 24.0. The number of amides is 1. The molecule has 0 aromatic carbocycles. The van der Waals surface area contributed by atoms with Gasteiger partial charge in [-0.3, -0.25) is 9.89 Å². The Morgan fingerprint density at radius 2 is 1.91 bits per heavy atom. The molecule has 0 unspecified atom stereocenters. The van der Waals surface area contributed by atoms with E-state index < -0.39 is 0 Å². The van der Waals surface area contributed by atoms with Gasteiger partial charge in [-0.1, -0.05) is 0 Å². The van der Waals surface area contributed by atoms with Crippen molar-refractivity contribution in [2.75, 3.05) is 7.11 Å². The maximum Gasteiger partial charge on any atom is 0.288 e. The molecular formula is C14H18N6O3. The van der Waals surface area contributed by atoms with E-state index in [1.165, 1.54) is 13.4 Å². The first-order valence-electron chi connectivity index (χ1n) is 7.44. The van der Waals surface area contributed by atoms with Crippen molar-refractivity contribution >= 4 is 5.91 Å². The zero-order valence-corrected chi connectivity index (χ0v) is 12.7. The van der Waals surface area contributed by atoms with Crippen LogP contribution < -0.4 is 14.8 Å². The molecule has 122 valence electrons. The number of aromatic amines is 1. The van der Waals surface area contributed by atoms with E-state index in [-0.39, 0.29) is 23.9 Å². The molecule has 0 spiro atoms. The van der Waals surface area contributed by atoms with E-state index in [0.717, 1.165) is 25.7 Å². The average Bonchev–Trinajstić information content (AvgIpc) is 3.12. The second-order valence-electron chi connectivity index (χ2n) is 5.27. The number of carbonyl (C=O) groups is 1. The third kappa shape index (κ3) is 3.74. The molecule has 1 aliphatic carbocycles. The Labute approximate surface area is 132 Å². The van der Waals surface area contributed by atoms with Gasteiger partial charge in [0.25, 0.3) is 17.7 Å². The van der Waals surface area contributed by atoms with Gasteiger partial charge in [0.05, 0.1) is 7.11 Å². The van der Waals surface area contributed by atoms with Crippen LogP contribution in [-0.2, 0) is 0 Å². The summed E-state index contributed by atoms with van der Waals surface area (Å²) in [6, 6.07) is 0.108. The molecule has 3 rings (SSSR count). The van der Waals surface area contributed by atoms with Gasteiger partial charge < -0.3 is 14.8 Å². The number of carbonyl (C=O) groups excluding carboxylic acids is 1. The monoisotopic (exact) mass is 318 g/mol. The molecule has 2 aromatic rings. The fraction of sp³-hybridized carbons (Fsp3) is 0.500. The van der Waals surface area contributed by atoms with Gasteiger partial charge in [0.1, 0.15) is 12.4 Å². The summed E-state index contributed by atoms with van der Waals surface area (Å²) in [7, 11) is 1.53. The van der Waals surface area contributed by atoms with Gasteiger partial charge in [-0.15, -0.1) is 0 Å². The number of H-pyrrole nitrogens is 1. The summed E-state index contributed by atoms with van der Waals surface area (Å²) >= 11 is 0. The second-order valence-corrected chi connectivity index (χ2v) is 5.27. The van der Waals surface area contributed by atoms with Crippen LogP contribution in [0.25, 0.3) is 0 Å². The lowest BCUT2D eigenvalue weighted by atomic mass is 9.93. The fourth-order valence-electron chi connectivity index (χ4n) is 2.58. The largest absolute Gasteiger partial charge is 0.477 e. The van der Waals surface area contributed by atoms with Crippen LogP contribution in [0.2, 0.25) is 0 Å². The van der Waals surface area contributed by atoms with Gasteiger partial charge in [0.2, 0.25) is 5.82 Å². The smallest absolute Gasteiger partial charge is 0.288 e. The van der Waals surface area contributed by atoms with Gasteiger partial charge in [0.15, 0.2) is 0 Å². The molecule has 1 aliphatic rings. The number of ether oxygens (including phenoxy) is 2. The minimum atomic E-state index is -0.234. The van der Waals surface area contributed by atoms with Crippen molar-refractivity contribution in [2.45, 2.75) is 37.8 Å². The quantitative estimate of drug-likeness (QED) is 0.834. The van der Waals surface area contributed by atoms with Crippen LogP contribution >= 0.6 is 0 Å². The SMILES string of the molecule is COc1nccnc1OC1CCC(NC(=O)c2ncn[nH]2)CC1. The van der Waals surface area contributed by atoms with E-state index in [1.54, 1.807) is 12.4 Å². The fourth-order valence-corrected chi connectivity index (χ4v) is 2.58. The highest BCUT2D eigenvalue weighted by Crippen LogP contribution is 2.27. The van der Waals surface area contributed by atoms with E-state index in [1.807, 2.05) is 0 Å². The molecule has 0 aliphatic heterocycles. The lowest BCUT2D eigenvalue weighted by molar-refractivity contribution is 0.0877. The number of nitrogens with zero attached hydrogens (tertiary/aromatic N) is 4. The van der Waals surface area contributed by atoms with Gasteiger partial charge in [-0.25, -0.2) is 15.0 Å². The van der Waals surface area contributed by atoms with Crippen LogP contribution in [-0.4, -0.2) is 50.3 Å². The summed E-state index contributed by atoms with van der Waals surface area (Å²) in [5.41, 5.74) is 0. The second kappa shape index (κ2) is 7.03. The molecule has 9 heteroatoms. The molecule has 1 saturated carbocycles. The molecule has 9 nitrogen and oxygen atoms in total. The van der Waals surface area contributed by atoms with Gasteiger partial charge in [-0.2, -0.15) is 5.10 Å². The summed E-state index contributed by atoms with van der Waals surface area (Å²) < 4.78 is 11.0. The van der Waals surface area contributed by atoms with E-state index >= 15 is 0 Å². The molecule has 2 heterocycles. The molecule has 0 atom stereocenters. The Kier molecular flexibility index (Phi) is 4.65. The molecule has 0 saturated heterocycles. The van der Waals surface area contributed by atoms with Crippen LogP contribution in [0.1, 0.15) is 36.3 Å². The Hall–Kier alpha value is -2.71. The standard InChI is InChI=1S/C14H18N6O3/c1-22-13-14(16-7-6-15-13)23-10-4-2-9(3-5-10)19-12(21)11-17-8-18-20-11/h6-10H,2-5H2,1H3,(H,19,21)(H,17,18,20). The highest BCUT2D eigenvalue weighted by Gasteiger charge is 2.25. The van der Waals surface area contributed by atoms with Crippen molar-refractivity contribution in [3.05, 3.63) is 24.5 Å². The van der Waals surface area contributed by atoms with Gasteiger partial charge >= 0.3 is 0 Å². The molecule has 2 N–H and O–H groups in total. The lowest BCUT2D eigenvalue weighted by Gasteiger charge is -2.29. The highest BCUT2D eigenvalue weighted by atomic mass is 16.5. The Bertz CT molecular complexity index is 640. The number of rotatable bonds is 5. The van der Waals surface area contributed by atoms with E-state index in [9.17, 15) is 4.79 Å². The first-order valence-corrected chi connectivity index (χ1v) is 7.44. The molecule has 0 bridgehead atoms. The van der Waals surface area contributed by atoms with Gasteiger partial charge in [-0.05, 0) is 25.7 Å². The van der Waals surface area contributed by atoms with Crippen molar-refractivity contribution in [3.63, 3.8) is 0 Å². The molecule has 0 radical (unpaired) electrons. The lowest BCUT2D eigenvalue weighted by Crippen LogP contribution is -2.40. The normalized spacial score (nSPS) is 20.7. The topological polar surface area (TPSA) is 115 Å². The summed E-state index contributed by atoms with van der Waals surface area (Å²) in [6.07, 6.45) is 7.78. The minimum absolute atomic E-state index is 0.0408. The molecule has 2 aromatic heterocycles. The van der Waals surface area contributed by atoms with Crippen LogP contribution in [0.4, 0.5) is 0 Å². The Morgan fingerprint density at radius 3 is 2.57 bits per heavy atom. The van der Waals surface area contributed by atoms with Crippen LogP contribution in [0, 0.1) is 0 Å². The number of hydrogen-bond donors (Lipinski definition) is 2. The summed E-state index contributed by atoms with van der Waals surface area (Å²) in [6.45, 7) is 0. The maximum absolute atomic E-state index is 11.9. The first-order chi connectivity index (χ1) is 11.3. The first kappa shape index (κ1) is 15.2. The minimum Gasteiger partial charge on any atom is -0.477 e. The van der Waals surface area contributed by atoms with E-state index in [2.05, 4.69) is 30.5 Å². The predicted molar refractivity (Wildman–Crippen MR) is 79.1 cm³/mol. The molecule has 1 fully saturated rings. The Balaban J connectivity index is 1.49. The number of hydrogen-bond acceptors (Lipinski definition) is 7. The predicted octanol–water partition coefficient (Wildman–Crippen LogP) is 0.723. The third-order valence-corrected chi connectivity index (χ3v) is 3.74. The van der Waals surface area contributed by atoms with Crippen molar-refractivity contribution in [3.8, 4) is 11.8 Å². The van der Waals surface area contributed by atoms with Crippen LogP contribution in [0.5, 0.6) is 11.8 Å². The van der Waals surface area contributed by atoms with Crippen molar-refractivity contribution in [1.82, 2.24) is 30.5 Å². The summed E-state index contributed by atoms with van der Waals surface area (Å²) in [5, 5.41) is 9.17. The van der Waals surface area contributed by atoms with Crippen LogP contribution in [0.15, 0.2) is 18.7 Å². The summed E-state index contributed by atoms with van der Waals surface area (Å²) in [5.74, 6) is 0.785.